The minimum Gasteiger partial charge on any atom is -0.455 e. The summed E-state index contributed by atoms with van der Waals surface area (Å²) >= 11 is 0. The van der Waals surface area contributed by atoms with E-state index in [2.05, 4.69) is 102 Å². The van der Waals surface area contributed by atoms with Gasteiger partial charge in [0.05, 0.1) is 9.60 Å². The number of rotatable bonds is 7. The largest absolute Gasteiger partial charge is 0.455 e. The molecule has 0 bridgehead atoms. The third-order valence-corrected chi connectivity index (χ3v) is 9.93. The summed E-state index contributed by atoms with van der Waals surface area (Å²) in [4.78, 5) is 2.21. The first-order valence-electron chi connectivity index (χ1n) is 21.3. The topological polar surface area (TPSA) is 16.4 Å². The van der Waals surface area contributed by atoms with Gasteiger partial charge in [-0.1, -0.05) is 158 Å². The Morgan fingerprint density at radius 3 is 1.65 bits per heavy atom. The maximum absolute atomic E-state index is 9.05. The van der Waals surface area contributed by atoms with Gasteiger partial charge in [-0.3, -0.25) is 0 Å². The summed E-state index contributed by atoms with van der Waals surface area (Å²) in [5.74, 6) is 0. The van der Waals surface area contributed by atoms with Gasteiger partial charge in [0, 0.05) is 33.4 Å². The van der Waals surface area contributed by atoms with Crippen molar-refractivity contribution in [1.29, 1.82) is 0 Å². The monoisotopic (exact) mass is 696 g/mol. The summed E-state index contributed by atoms with van der Waals surface area (Å²) in [5.41, 5.74) is 11.3. The van der Waals surface area contributed by atoms with E-state index in [1.165, 1.54) is 0 Å². The molecule has 9 aromatic carbocycles. The fraction of sp³-hybridized carbons (Fsp3) is 0. The second kappa shape index (κ2) is 13.4. The number of fused-ring (bicyclic) bond motifs is 4. The molecule has 0 atom stereocenters. The molecule has 0 spiro atoms. The summed E-state index contributed by atoms with van der Waals surface area (Å²) in [6.45, 7) is 0. The van der Waals surface area contributed by atoms with Gasteiger partial charge < -0.3 is 9.32 Å². The maximum Gasteiger partial charge on any atom is 0.143 e. The third-order valence-electron chi connectivity index (χ3n) is 9.93. The molecular formula is C52H35NO. The Morgan fingerprint density at radius 2 is 0.926 bits per heavy atom. The lowest BCUT2D eigenvalue weighted by atomic mass is 9.97. The molecule has 0 unspecified atom stereocenters. The minimum absolute atomic E-state index is 0.0618. The first kappa shape index (κ1) is 24.9. The number of benzene rings is 9. The Balaban J connectivity index is 1.03. The molecule has 0 saturated heterocycles. The molecule has 0 aliphatic carbocycles. The minimum atomic E-state index is -0.487. The molecule has 0 aliphatic heterocycles. The van der Waals surface area contributed by atoms with Crippen molar-refractivity contribution in [2.24, 2.45) is 0 Å². The van der Waals surface area contributed by atoms with Crippen LogP contribution in [0, 0.1) is 0 Å². The molecule has 0 fully saturated rings. The van der Waals surface area contributed by atoms with Gasteiger partial charge in [-0.2, -0.15) is 0 Å². The summed E-state index contributed by atoms with van der Waals surface area (Å²) in [5, 5.41) is 1.99. The van der Waals surface area contributed by atoms with Crippen LogP contribution in [0.4, 0.5) is 17.1 Å². The highest BCUT2D eigenvalue weighted by Crippen LogP contribution is 2.40. The third kappa shape index (κ3) is 5.81. The van der Waals surface area contributed by atoms with Crippen molar-refractivity contribution in [3.8, 4) is 44.5 Å². The van der Waals surface area contributed by atoms with Crippen LogP contribution in [0.25, 0.3) is 77.2 Å². The van der Waals surface area contributed by atoms with E-state index in [0.717, 1.165) is 72.4 Å². The van der Waals surface area contributed by atoms with Gasteiger partial charge in [0.25, 0.3) is 0 Å². The van der Waals surface area contributed by atoms with E-state index in [1.807, 2.05) is 66.7 Å². The number of furan rings is 1. The zero-order valence-electron chi connectivity index (χ0n) is 36.0. The van der Waals surface area contributed by atoms with E-state index in [9.17, 15) is 0 Å². The molecular weight excluding hydrogens is 655 g/mol. The Morgan fingerprint density at radius 1 is 0.389 bits per heavy atom. The first-order chi connectivity index (χ1) is 29.7. The van der Waals surface area contributed by atoms with Crippen molar-refractivity contribution in [2.75, 3.05) is 4.90 Å². The molecule has 54 heavy (non-hydrogen) atoms. The first-order valence-corrected chi connectivity index (χ1v) is 17.8. The molecule has 0 radical (unpaired) electrons. The van der Waals surface area contributed by atoms with Crippen molar-refractivity contribution in [3.63, 3.8) is 0 Å². The molecule has 0 saturated carbocycles. The average molecular weight is 697 g/mol. The van der Waals surface area contributed by atoms with Crippen LogP contribution in [0.5, 0.6) is 0 Å². The number of para-hydroxylation sites is 2. The fourth-order valence-electron chi connectivity index (χ4n) is 7.23. The molecule has 10 aromatic rings. The van der Waals surface area contributed by atoms with Gasteiger partial charge in [-0.15, -0.1) is 0 Å². The molecule has 2 nitrogen and oxygen atoms in total. The highest BCUT2D eigenvalue weighted by molar-refractivity contribution is 6.09. The van der Waals surface area contributed by atoms with Crippen LogP contribution in [0.2, 0.25) is 0 Å². The molecule has 0 aliphatic rings. The van der Waals surface area contributed by atoms with Gasteiger partial charge in [-0.05, 0) is 104 Å². The molecule has 1 heterocycles. The SMILES string of the molecule is [2H]c1c([2H])c([2H])c2c([2H])c(-c3cccc(-c4ccc(N(c5ccc(-c6ccccc6)cc5)c5ccc(-c6cccc7c6oc6ccccc67)cc5)cc4)c3)c([2H])c([2H])c2c1[2H]. The van der Waals surface area contributed by atoms with Crippen molar-refractivity contribution in [2.45, 2.75) is 0 Å². The molecule has 0 amide bonds. The van der Waals surface area contributed by atoms with E-state index in [-0.39, 0.29) is 40.5 Å². The zero-order valence-corrected chi connectivity index (χ0v) is 29.0. The van der Waals surface area contributed by atoms with Crippen LogP contribution < -0.4 is 4.90 Å². The van der Waals surface area contributed by atoms with Gasteiger partial charge in [0.2, 0.25) is 0 Å². The Kier molecular flexibility index (Phi) is 6.20. The second-order valence-electron chi connectivity index (χ2n) is 13.2. The lowest BCUT2D eigenvalue weighted by molar-refractivity contribution is 0.670. The van der Waals surface area contributed by atoms with Gasteiger partial charge in [0.15, 0.2) is 0 Å². The van der Waals surface area contributed by atoms with Crippen molar-refractivity contribution in [1.82, 2.24) is 0 Å². The van der Waals surface area contributed by atoms with Gasteiger partial charge >= 0.3 is 0 Å². The van der Waals surface area contributed by atoms with Crippen LogP contribution in [0.15, 0.2) is 217 Å². The highest BCUT2D eigenvalue weighted by atomic mass is 16.3. The fourth-order valence-corrected chi connectivity index (χ4v) is 7.23. The predicted molar refractivity (Wildman–Crippen MR) is 228 cm³/mol. The molecule has 254 valence electrons. The van der Waals surface area contributed by atoms with E-state index in [4.69, 9.17) is 14.0 Å². The average Bonchev–Trinajstić information content (AvgIpc) is 3.69. The van der Waals surface area contributed by atoms with Gasteiger partial charge in [-0.25, -0.2) is 0 Å². The standard InChI is InChI=1S/C52H35NO/c1-2-10-36(11-3-1)38-22-28-45(29-23-38)53(47-32-26-40(27-33-47)48-17-9-18-50-49-16-6-7-19-51(49)54-52(48)50)46-30-24-39(25-31-46)42-14-8-15-43(34-42)44-21-20-37-12-4-5-13-41(37)35-44/h1-35H/i4D,5D,12D,13D,20D,21D,35D. The zero-order chi connectivity index (χ0) is 41.9. The van der Waals surface area contributed by atoms with Crippen molar-refractivity contribution in [3.05, 3.63) is 212 Å². The summed E-state index contributed by atoms with van der Waals surface area (Å²) in [7, 11) is 0. The number of hydrogen-bond acceptors (Lipinski definition) is 2. The maximum atomic E-state index is 9.05. The number of hydrogen-bond donors (Lipinski definition) is 0. The normalized spacial score (nSPS) is 13.1. The van der Waals surface area contributed by atoms with E-state index >= 15 is 0 Å². The quantitative estimate of drug-likeness (QED) is 0.165. The summed E-state index contributed by atoms with van der Waals surface area (Å²) in [6, 6.07) is 54.7. The Hall–Kier alpha value is -7.16. The van der Waals surface area contributed by atoms with E-state index in [1.54, 1.807) is 6.07 Å². The Labute approximate surface area is 324 Å². The summed E-state index contributed by atoms with van der Waals surface area (Å²) < 4.78 is 66.3. The molecule has 1 aromatic heterocycles. The van der Waals surface area contributed by atoms with Crippen molar-refractivity contribution < 1.29 is 14.0 Å². The van der Waals surface area contributed by atoms with Crippen LogP contribution >= 0.6 is 0 Å². The van der Waals surface area contributed by atoms with Crippen LogP contribution in [0.3, 0.4) is 0 Å². The molecule has 0 N–H and O–H groups in total. The number of nitrogens with zero attached hydrogens (tertiary/aromatic N) is 1. The number of anilines is 3. The van der Waals surface area contributed by atoms with Crippen LogP contribution in [-0.2, 0) is 0 Å². The smallest absolute Gasteiger partial charge is 0.143 e. The predicted octanol–water partition coefficient (Wildman–Crippen LogP) is 14.9. The molecule has 2 heteroatoms. The lowest BCUT2D eigenvalue weighted by Crippen LogP contribution is -2.09. The lowest BCUT2D eigenvalue weighted by Gasteiger charge is -2.26. The van der Waals surface area contributed by atoms with Crippen LogP contribution in [0.1, 0.15) is 9.60 Å². The van der Waals surface area contributed by atoms with Crippen LogP contribution in [-0.4, -0.2) is 0 Å². The summed E-state index contributed by atoms with van der Waals surface area (Å²) in [6.07, 6.45) is 0. The van der Waals surface area contributed by atoms with E-state index in [0.29, 0.717) is 5.56 Å². The van der Waals surface area contributed by atoms with Crippen molar-refractivity contribution >= 4 is 49.8 Å². The Bertz CT molecular complexity index is 3310. The highest BCUT2D eigenvalue weighted by Gasteiger charge is 2.16. The van der Waals surface area contributed by atoms with E-state index < -0.39 is 18.1 Å². The van der Waals surface area contributed by atoms with Gasteiger partial charge in [0.1, 0.15) is 11.2 Å². The second-order valence-corrected chi connectivity index (χ2v) is 13.2. The molecule has 10 rings (SSSR count).